The van der Waals surface area contributed by atoms with Gasteiger partial charge in [0, 0.05) is 28.4 Å². The number of rotatable bonds is 10. The van der Waals surface area contributed by atoms with Crippen molar-refractivity contribution in [2.45, 2.75) is 6.10 Å². The molecule has 0 bridgehead atoms. The normalized spacial score (nSPS) is 13.2. The van der Waals surface area contributed by atoms with Gasteiger partial charge in [0.05, 0.1) is 6.61 Å². The average molecular weight is 302 g/mol. The van der Waals surface area contributed by atoms with Gasteiger partial charge in [-0.3, -0.25) is 0 Å². The Kier molecular flexibility index (Phi) is 7.74. The van der Waals surface area contributed by atoms with Crippen molar-refractivity contribution in [1.29, 1.82) is 0 Å². The maximum atomic E-state index is 5.77. The van der Waals surface area contributed by atoms with Crippen molar-refractivity contribution in [3.05, 3.63) is 30.3 Å². The van der Waals surface area contributed by atoms with Crippen LogP contribution in [0.2, 0.25) is 0 Å². The number of ether oxygens (including phenoxy) is 2. The van der Waals surface area contributed by atoms with Crippen LogP contribution in [-0.4, -0.2) is 56.8 Å². The summed E-state index contributed by atoms with van der Waals surface area (Å²) in [5.41, 5.74) is 0. The Morgan fingerprint density at radius 1 is 0.900 bits per heavy atom. The highest BCUT2D eigenvalue weighted by Crippen LogP contribution is 2.14. The zero-order valence-corrected chi connectivity index (χ0v) is 13.3. The fraction of sp³-hybridized carbons (Fsp3) is 0.538. The Bertz CT molecular complexity index is 349. The molecule has 0 radical (unpaired) electrons. The Morgan fingerprint density at radius 2 is 1.50 bits per heavy atom. The van der Waals surface area contributed by atoms with E-state index in [1.165, 1.54) is 21.3 Å². The molecule has 1 rings (SSSR count). The smallest absolute Gasteiger partial charge is 0.491 e. The van der Waals surface area contributed by atoms with E-state index in [2.05, 4.69) is 0 Å². The highest BCUT2D eigenvalue weighted by Gasteiger charge is 2.44. The van der Waals surface area contributed by atoms with Crippen LogP contribution in [0.15, 0.2) is 30.3 Å². The van der Waals surface area contributed by atoms with Gasteiger partial charge in [0.2, 0.25) is 0 Å². The van der Waals surface area contributed by atoms with Crippen LogP contribution in [0.1, 0.15) is 0 Å². The Hall–Kier alpha value is -0.963. The average Bonchev–Trinajstić information content (AvgIpc) is 2.51. The molecular formula is C13H22O6Si. The lowest BCUT2D eigenvalue weighted by molar-refractivity contribution is -0.0548. The molecule has 0 aliphatic rings. The van der Waals surface area contributed by atoms with E-state index in [1.54, 1.807) is 7.11 Å². The molecular weight excluding hydrogens is 280 g/mol. The van der Waals surface area contributed by atoms with E-state index in [0.29, 0.717) is 13.2 Å². The van der Waals surface area contributed by atoms with E-state index in [4.69, 9.17) is 27.2 Å². The Labute approximate surface area is 121 Å². The molecule has 0 heterocycles. The van der Waals surface area contributed by atoms with Crippen LogP contribution in [0.4, 0.5) is 0 Å². The molecule has 20 heavy (non-hydrogen) atoms. The lowest BCUT2D eigenvalue weighted by Gasteiger charge is -2.28. The van der Waals surface area contributed by atoms with Gasteiger partial charge in [0.1, 0.15) is 18.5 Å². The van der Waals surface area contributed by atoms with E-state index in [0.717, 1.165) is 5.75 Å². The summed E-state index contributed by atoms with van der Waals surface area (Å²) in [6.07, 6.45) is -0.355. The van der Waals surface area contributed by atoms with Gasteiger partial charge in [-0.25, -0.2) is 0 Å². The largest absolute Gasteiger partial charge is 0.679 e. The molecule has 1 unspecified atom stereocenters. The maximum absolute atomic E-state index is 5.77. The minimum atomic E-state index is -3.12. The number of methoxy groups -OCH3 is 1. The second-order valence-electron chi connectivity index (χ2n) is 3.93. The first-order valence-corrected chi connectivity index (χ1v) is 7.83. The van der Waals surface area contributed by atoms with Crippen LogP contribution in [0.25, 0.3) is 0 Å². The van der Waals surface area contributed by atoms with Crippen LogP contribution < -0.4 is 4.74 Å². The van der Waals surface area contributed by atoms with Crippen molar-refractivity contribution >= 4 is 9.05 Å². The van der Waals surface area contributed by atoms with E-state index >= 15 is 0 Å². The third-order valence-electron chi connectivity index (χ3n) is 2.59. The highest BCUT2D eigenvalue weighted by atomic mass is 28.4. The molecule has 0 N–H and O–H groups in total. The lowest BCUT2D eigenvalue weighted by atomic mass is 10.3. The minimum absolute atomic E-state index is 0.308. The summed E-state index contributed by atoms with van der Waals surface area (Å²) in [4.78, 5) is 0. The van der Waals surface area contributed by atoms with Gasteiger partial charge in [-0.05, 0) is 12.1 Å². The summed E-state index contributed by atoms with van der Waals surface area (Å²) in [5, 5.41) is 0. The summed E-state index contributed by atoms with van der Waals surface area (Å²) < 4.78 is 32.2. The molecule has 6 nitrogen and oxygen atoms in total. The van der Waals surface area contributed by atoms with Gasteiger partial charge in [-0.1, -0.05) is 18.2 Å². The molecule has 1 aromatic carbocycles. The van der Waals surface area contributed by atoms with E-state index in [9.17, 15) is 0 Å². The standard InChI is InChI=1S/C13H22O6Si/c1-14-10-13(19-20(15-2,16-3)17-4)11-18-12-8-6-5-7-9-12/h5-9,13H,10-11H2,1-4H3. The molecule has 0 aliphatic heterocycles. The van der Waals surface area contributed by atoms with Gasteiger partial charge in [0.15, 0.2) is 0 Å². The Morgan fingerprint density at radius 3 is 2.00 bits per heavy atom. The number of benzene rings is 1. The van der Waals surface area contributed by atoms with E-state index in [-0.39, 0.29) is 6.10 Å². The zero-order chi connectivity index (χ0) is 14.8. The first-order valence-electron chi connectivity index (χ1n) is 6.19. The molecule has 1 aromatic rings. The molecule has 0 saturated heterocycles. The highest BCUT2D eigenvalue weighted by molar-refractivity contribution is 6.53. The fourth-order valence-corrected chi connectivity index (χ4v) is 2.94. The predicted octanol–water partition coefficient (Wildman–Crippen LogP) is 1.47. The molecule has 0 saturated carbocycles. The molecule has 0 spiro atoms. The summed E-state index contributed by atoms with van der Waals surface area (Å²) >= 11 is 0. The van der Waals surface area contributed by atoms with Crippen LogP contribution in [0, 0.1) is 0 Å². The number of para-hydroxylation sites is 1. The van der Waals surface area contributed by atoms with Gasteiger partial charge >= 0.3 is 9.05 Å². The van der Waals surface area contributed by atoms with Crippen LogP contribution >= 0.6 is 0 Å². The molecule has 114 valence electrons. The van der Waals surface area contributed by atoms with Crippen molar-refractivity contribution in [1.82, 2.24) is 0 Å². The van der Waals surface area contributed by atoms with Crippen LogP contribution in [0.5, 0.6) is 5.75 Å². The van der Waals surface area contributed by atoms with Gasteiger partial charge in [0.25, 0.3) is 0 Å². The van der Waals surface area contributed by atoms with E-state index in [1.807, 2.05) is 30.3 Å². The topological polar surface area (TPSA) is 55.4 Å². The maximum Gasteiger partial charge on any atom is 0.679 e. The summed E-state index contributed by atoms with van der Waals surface area (Å²) in [6, 6.07) is 9.48. The zero-order valence-electron chi connectivity index (χ0n) is 12.3. The quantitative estimate of drug-likeness (QED) is 0.610. The number of hydrogen-bond acceptors (Lipinski definition) is 6. The van der Waals surface area contributed by atoms with Crippen molar-refractivity contribution in [2.75, 3.05) is 41.7 Å². The van der Waals surface area contributed by atoms with Crippen molar-refractivity contribution in [3.63, 3.8) is 0 Å². The van der Waals surface area contributed by atoms with Gasteiger partial charge in [-0.15, -0.1) is 0 Å². The summed E-state index contributed by atoms with van der Waals surface area (Å²) in [7, 11) is 2.94. The molecule has 7 heteroatoms. The monoisotopic (exact) mass is 302 g/mol. The van der Waals surface area contributed by atoms with Crippen LogP contribution in [-0.2, 0) is 22.4 Å². The lowest BCUT2D eigenvalue weighted by Crippen LogP contribution is -2.51. The third kappa shape index (κ3) is 5.20. The fourth-order valence-electron chi connectivity index (χ4n) is 1.61. The molecule has 0 aliphatic carbocycles. The van der Waals surface area contributed by atoms with Gasteiger partial charge in [-0.2, -0.15) is 0 Å². The summed E-state index contributed by atoms with van der Waals surface area (Å²) in [5.74, 6) is 0.761. The van der Waals surface area contributed by atoms with Crippen molar-refractivity contribution in [2.24, 2.45) is 0 Å². The molecule has 0 amide bonds. The second-order valence-corrected chi connectivity index (χ2v) is 6.39. The predicted molar refractivity (Wildman–Crippen MR) is 75.5 cm³/mol. The SMILES string of the molecule is COCC(COc1ccccc1)O[Si](OC)(OC)OC. The Balaban J connectivity index is 2.59. The summed E-state index contributed by atoms with van der Waals surface area (Å²) in [6.45, 7) is 0.653. The first-order chi connectivity index (χ1) is 9.69. The first kappa shape index (κ1) is 17.1. The minimum Gasteiger partial charge on any atom is -0.491 e. The number of hydrogen-bond donors (Lipinski definition) is 0. The molecule has 0 aromatic heterocycles. The third-order valence-corrected chi connectivity index (χ3v) is 4.71. The van der Waals surface area contributed by atoms with Gasteiger partial charge < -0.3 is 27.2 Å². The second kappa shape index (κ2) is 9.06. The van der Waals surface area contributed by atoms with Crippen LogP contribution in [0.3, 0.4) is 0 Å². The molecule has 0 fully saturated rings. The molecule has 1 atom stereocenters. The van der Waals surface area contributed by atoms with Crippen molar-refractivity contribution in [3.8, 4) is 5.75 Å². The van der Waals surface area contributed by atoms with E-state index < -0.39 is 9.05 Å². The van der Waals surface area contributed by atoms with Crippen molar-refractivity contribution < 1.29 is 27.2 Å².